The second kappa shape index (κ2) is 11.2. The summed E-state index contributed by atoms with van der Waals surface area (Å²) in [6.45, 7) is 6.36. The van der Waals surface area contributed by atoms with Gasteiger partial charge in [0.2, 0.25) is 0 Å². The number of hydrogen-bond donors (Lipinski definition) is 0. The molecule has 0 spiro atoms. The van der Waals surface area contributed by atoms with E-state index < -0.39 is 17.2 Å². The monoisotopic (exact) mass is 456 g/mol. The molecule has 0 radical (unpaired) electrons. The van der Waals surface area contributed by atoms with Gasteiger partial charge in [0.15, 0.2) is 0 Å². The van der Waals surface area contributed by atoms with Gasteiger partial charge in [-0.25, -0.2) is 0 Å². The molecule has 0 amide bonds. The summed E-state index contributed by atoms with van der Waals surface area (Å²) in [6, 6.07) is 18.7. The number of halogens is 3. The van der Waals surface area contributed by atoms with Crippen LogP contribution in [0.5, 0.6) is 0 Å². The van der Waals surface area contributed by atoms with Crippen molar-refractivity contribution in [1.29, 1.82) is 5.26 Å². The minimum Gasteiger partial charge on any atom is -0.300 e. The lowest BCUT2D eigenvalue weighted by Gasteiger charge is -2.35. The van der Waals surface area contributed by atoms with Gasteiger partial charge in [-0.2, -0.15) is 18.4 Å². The highest BCUT2D eigenvalue weighted by Gasteiger charge is 2.47. The zero-order valence-corrected chi connectivity index (χ0v) is 19.7. The van der Waals surface area contributed by atoms with Crippen molar-refractivity contribution in [2.24, 2.45) is 5.92 Å². The van der Waals surface area contributed by atoms with E-state index in [1.807, 2.05) is 6.07 Å². The molecule has 2 nitrogen and oxygen atoms in total. The maximum atomic E-state index is 13.1. The summed E-state index contributed by atoms with van der Waals surface area (Å²) in [5.41, 5.74) is 0.703. The molecule has 1 aliphatic rings. The quantitative estimate of drug-likeness (QED) is 0.333. The lowest BCUT2D eigenvalue weighted by molar-refractivity contribution is -0.137. The molecule has 33 heavy (non-hydrogen) atoms. The van der Waals surface area contributed by atoms with E-state index in [1.54, 1.807) is 0 Å². The Morgan fingerprint density at radius 3 is 2.12 bits per heavy atom. The molecule has 2 aromatic rings. The van der Waals surface area contributed by atoms with Crippen molar-refractivity contribution in [2.75, 3.05) is 13.1 Å². The van der Waals surface area contributed by atoms with E-state index in [2.05, 4.69) is 49.1 Å². The average Bonchev–Trinajstić information content (AvgIpc) is 3.66. The third-order valence-corrected chi connectivity index (χ3v) is 7.10. The molecule has 0 heterocycles. The molecule has 1 aliphatic carbocycles. The molecule has 3 rings (SSSR count). The molecule has 2 unspecified atom stereocenters. The number of benzene rings is 2. The van der Waals surface area contributed by atoms with Gasteiger partial charge in [-0.05, 0) is 80.7 Å². The molecule has 0 saturated heterocycles. The van der Waals surface area contributed by atoms with Gasteiger partial charge in [-0.15, -0.1) is 0 Å². The molecular formula is C28H35F3N2. The summed E-state index contributed by atoms with van der Waals surface area (Å²) in [5, 5.41) is 10.3. The fourth-order valence-corrected chi connectivity index (χ4v) is 5.05. The Bertz CT molecular complexity index is 897. The van der Waals surface area contributed by atoms with Gasteiger partial charge >= 0.3 is 6.18 Å². The number of alkyl halides is 3. The zero-order chi connectivity index (χ0) is 23.9. The molecule has 0 bridgehead atoms. The maximum absolute atomic E-state index is 13.1. The van der Waals surface area contributed by atoms with E-state index in [0.29, 0.717) is 12.5 Å². The Hall–Kier alpha value is -2.32. The van der Waals surface area contributed by atoms with E-state index >= 15 is 0 Å². The van der Waals surface area contributed by atoms with Gasteiger partial charge in [0.25, 0.3) is 0 Å². The molecule has 5 heteroatoms. The van der Waals surface area contributed by atoms with Gasteiger partial charge in [0, 0.05) is 12.6 Å². The molecule has 0 aromatic heterocycles. The van der Waals surface area contributed by atoms with Crippen LogP contribution in [-0.2, 0) is 18.0 Å². The fourth-order valence-electron chi connectivity index (χ4n) is 5.05. The van der Waals surface area contributed by atoms with Crippen LogP contribution >= 0.6 is 0 Å². The van der Waals surface area contributed by atoms with Crippen LogP contribution in [0.4, 0.5) is 13.2 Å². The number of hydrogen-bond acceptors (Lipinski definition) is 2. The van der Waals surface area contributed by atoms with E-state index in [-0.39, 0.29) is 5.92 Å². The van der Waals surface area contributed by atoms with Crippen LogP contribution in [0.15, 0.2) is 54.6 Å². The summed E-state index contributed by atoms with van der Waals surface area (Å²) in [6.07, 6.45) is 2.18. The molecule has 2 atom stereocenters. The Balaban J connectivity index is 1.74. The lowest BCUT2D eigenvalue weighted by atomic mass is 9.72. The maximum Gasteiger partial charge on any atom is 0.416 e. The van der Waals surface area contributed by atoms with E-state index in [0.717, 1.165) is 69.3 Å². The highest BCUT2D eigenvalue weighted by Crippen LogP contribution is 2.50. The SMILES string of the molecule is CCCN(CCc1ccccc1)C(CC)CCC(C#N)(c1ccc(C(F)(F)F)cc1)C1CC1. The van der Waals surface area contributed by atoms with Crippen LogP contribution in [0.2, 0.25) is 0 Å². The summed E-state index contributed by atoms with van der Waals surface area (Å²) in [4.78, 5) is 2.54. The first-order chi connectivity index (χ1) is 15.8. The van der Waals surface area contributed by atoms with Crippen LogP contribution in [0, 0.1) is 17.2 Å². The Kier molecular flexibility index (Phi) is 8.59. The summed E-state index contributed by atoms with van der Waals surface area (Å²) >= 11 is 0. The number of rotatable bonds is 12. The van der Waals surface area contributed by atoms with E-state index in [9.17, 15) is 18.4 Å². The summed E-state index contributed by atoms with van der Waals surface area (Å²) in [5.74, 6) is 0.237. The van der Waals surface area contributed by atoms with Crippen LogP contribution in [-0.4, -0.2) is 24.0 Å². The van der Waals surface area contributed by atoms with Crippen molar-refractivity contribution in [3.63, 3.8) is 0 Å². The van der Waals surface area contributed by atoms with Crippen molar-refractivity contribution >= 4 is 0 Å². The average molecular weight is 457 g/mol. The van der Waals surface area contributed by atoms with Crippen LogP contribution in [0.1, 0.15) is 69.1 Å². The molecule has 178 valence electrons. The Morgan fingerprint density at radius 1 is 0.970 bits per heavy atom. The predicted octanol–water partition coefficient (Wildman–Crippen LogP) is 7.39. The third-order valence-electron chi connectivity index (χ3n) is 7.10. The first-order valence-electron chi connectivity index (χ1n) is 12.2. The lowest BCUT2D eigenvalue weighted by Crippen LogP contribution is -2.39. The predicted molar refractivity (Wildman–Crippen MR) is 127 cm³/mol. The van der Waals surface area contributed by atoms with Crippen molar-refractivity contribution in [3.8, 4) is 6.07 Å². The van der Waals surface area contributed by atoms with Gasteiger partial charge in [-0.1, -0.05) is 56.3 Å². The minimum atomic E-state index is -4.36. The molecule has 0 aliphatic heterocycles. The van der Waals surface area contributed by atoms with Crippen molar-refractivity contribution in [1.82, 2.24) is 4.90 Å². The first-order valence-corrected chi connectivity index (χ1v) is 12.2. The molecule has 2 aromatic carbocycles. The minimum absolute atomic E-state index is 0.237. The van der Waals surface area contributed by atoms with Gasteiger partial charge in [0.1, 0.15) is 0 Å². The topological polar surface area (TPSA) is 27.0 Å². The summed E-state index contributed by atoms with van der Waals surface area (Å²) < 4.78 is 39.2. The van der Waals surface area contributed by atoms with Gasteiger partial charge in [0.05, 0.1) is 17.0 Å². The van der Waals surface area contributed by atoms with Crippen molar-refractivity contribution < 1.29 is 13.2 Å². The van der Waals surface area contributed by atoms with Gasteiger partial charge < -0.3 is 4.90 Å². The van der Waals surface area contributed by atoms with Crippen LogP contribution < -0.4 is 0 Å². The highest BCUT2D eigenvalue weighted by molar-refractivity contribution is 5.38. The van der Waals surface area contributed by atoms with Crippen LogP contribution in [0.25, 0.3) is 0 Å². The van der Waals surface area contributed by atoms with Gasteiger partial charge in [-0.3, -0.25) is 0 Å². The third kappa shape index (κ3) is 6.38. The summed E-state index contributed by atoms with van der Waals surface area (Å²) in [7, 11) is 0. The molecule has 1 fully saturated rings. The first kappa shape index (κ1) is 25.3. The van der Waals surface area contributed by atoms with E-state index in [4.69, 9.17) is 0 Å². The zero-order valence-electron chi connectivity index (χ0n) is 19.7. The van der Waals surface area contributed by atoms with E-state index in [1.165, 1.54) is 17.7 Å². The second-order valence-electron chi connectivity index (χ2n) is 9.30. The van der Waals surface area contributed by atoms with Crippen molar-refractivity contribution in [2.45, 2.75) is 76.4 Å². The second-order valence-corrected chi connectivity index (χ2v) is 9.30. The Morgan fingerprint density at radius 2 is 1.61 bits per heavy atom. The normalized spacial score (nSPS) is 16.9. The molecule has 0 N–H and O–H groups in total. The van der Waals surface area contributed by atoms with Crippen molar-refractivity contribution in [3.05, 3.63) is 71.3 Å². The standard InChI is InChI=1S/C28H35F3N2/c1-3-19-33(20-17-22-8-6-5-7-9-22)26(4-2)16-18-27(21-32,23-10-11-23)24-12-14-25(15-13-24)28(29,30)31/h5-9,12-15,23,26H,3-4,10-11,16-20H2,1-2H3. The van der Waals surface area contributed by atoms with Crippen LogP contribution in [0.3, 0.4) is 0 Å². The highest BCUT2D eigenvalue weighted by atomic mass is 19.4. The Labute approximate surface area is 196 Å². The number of nitrogens with zero attached hydrogens (tertiary/aromatic N) is 2. The smallest absolute Gasteiger partial charge is 0.300 e. The molecule has 1 saturated carbocycles. The largest absolute Gasteiger partial charge is 0.416 e. The number of nitriles is 1. The molecular weight excluding hydrogens is 421 g/mol. The fraction of sp³-hybridized carbons (Fsp3) is 0.536.